The number of fused-ring (bicyclic) bond motifs is 2. The van der Waals surface area contributed by atoms with E-state index in [1.54, 1.807) is 0 Å². The van der Waals surface area contributed by atoms with Gasteiger partial charge in [-0.25, -0.2) is 0 Å². The summed E-state index contributed by atoms with van der Waals surface area (Å²) in [4.78, 5) is 0. The molecule has 0 bridgehead atoms. The van der Waals surface area contributed by atoms with Crippen LogP contribution in [0.3, 0.4) is 0 Å². The molecule has 0 unspecified atom stereocenters. The fourth-order valence-electron chi connectivity index (χ4n) is 3.67. The second-order valence-corrected chi connectivity index (χ2v) is 7.02. The summed E-state index contributed by atoms with van der Waals surface area (Å²) in [5.74, 6) is 0.765. The van der Waals surface area contributed by atoms with Crippen LogP contribution < -0.4 is 0 Å². The van der Waals surface area contributed by atoms with Crippen molar-refractivity contribution in [2.75, 3.05) is 0 Å². The number of hydrogen-bond acceptors (Lipinski definition) is 0. The zero-order chi connectivity index (χ0) is 14.9. The maximum absolute atomic E-state index is 3.81. The molecule has 1 aliphatic rings. The first-order chi connectivity index (χ1) is 10.8. The Hall–Kier alpha value is -1.60. The first-order valence-electron chi connectivity index (χ1n) is 8.12. The van der Waals surface area contributed by atoms with Gasteiger partial charge in [-0.3, -0.25) is 0 Å². The van der Waals surface area contributed by atoms with E-state index >= 15 is 0 Å². The third-order valence-electron chi connectivity index (χ3n) is 4.84. The molecule has 0 radical (unpaired) electrons. The largest absolute Gasteiger partial charge is 0.0808 e. The average molecular weight is 351 g/mol. The van der Waals surface area contributed by atoms with E-state index in [-0.39, 0.29) is 0 Å². The van der Waals surface area contributed by atoms with Gasteiger partial charge in [-0.15, -0.1) is 0 Å². The zero-order valence-electron chi connectivity index (χ0n) is 12.6. The smallest absolute Gasteiger partial charge is 0.0332 e. The van der Waals surface area contributed by atoms with Crippen LogP contribution in [0, 0.1) is 5.92 Å². The Morgan fingerprint density at radius 2 is 1.27 bits per heavy atom. The number of halogens is 1. The predicted molar refractivity (Wildman–Crippen MR) is 100 cm³/mol. The summed E-state index contributed by atoms with van der Waals surface area (Å²) in [7, 11) is 0. The van der Waals surface area contributed by atoms with Crippen molar-refractivity contribution in [3.05, 3.63) is 64.6 Å². The van der Waals surface area contributed by atoms with Crippen molar-refractivity contribution in [2.24, 2.45) is 5.92 Å². The summed E-state index contributed by atoms with van der Waals surface area (Å²) in [6.07, 6.45) is 10.3. The lowest BCUT2D eigenvalue weighted by molar-refractivity contribution is 0.689. The molecule has 0 heterocycles. The molecule has 3 aromatic carbocycles. The van der Waals surface area contributed by atoms with Gasteiger partial charge in [0.05, 0.1) is 0 Å². The number of rotatable bonds is 2. The molecule has 0 atom stereocenters. The van der Waals surface area contributed by atoms with Crippen molar-refractivity contribution in [3.8, 4) is 0 Å². The fraction of sp³-hybridized carbons (Fsp3) is 0.238. The van der Waals surface area contributed by atoms with Gasteiger partial charge in [0.25, 0.3) is 0 Å². The van der Waals surface area contributed by atoms with Gasteiger partial charge in [-0.1, -0.05) is 73.5 Å². The van der Waals surface area contributed by atoms with Gasteiger partial charge in [0, 0.05) is 4.47 Å². The quantitative estimate of drug-likeness (QED) is 0.438. The second kappa shape index (κ2) is 5.89. The molecule has 1 heteroatoms. The zero-order valence-corrected chi connectivity index (χ0v) is 14.1. The van der Waals surface area contributed by atoms with Crippen LogP contribution in [0.25, 0.3) is 27.6 Å². The number of hydrogen-bond donors (Lipinski definition) is 0. The lowest BCUT2D eigenvalue weighted by Gasteiger charge is -2.12. The molecular formula is C21H19Br. The summed E-state index contributed by atoms with van der Waals surface area (Å²) < 4.78 is 1.21. The summed E-state index contributed by atoms with van der Waals surface area (Å²) in [5, 5.41) is 5.27. The van der Waals surface area contributed by atoms with E-state index in [0.717, 1.165) is 5.92 Å². The van der Waals surface area contributed by atoms with Crippen molar-refractivity contribution in [3.63, 3.8) is 0 Å². The van der Waals surface area contributed by atoms with E-state index in [1.165, 1.54) is 57.3 Å². The monoisotopic (exact) mass is 350 g/mol. The van der Waals surface area contributed by atoms with E-state index in [1.807, 2.05) is 0 Å². The van der Waals surface area contributed by atoms with Crippen molar-refractivity contribution in [1.29, 1.82) is 0 Å². The average Bonchev–Trinajstić information content (AvgIpc) is 3.08. The predicted octanol–water partition coefficient (Wildman–Crippen LogP) is 6.96. The molecule has 4 rings (SSSR count). The maximum atomic E-state index is 3.81. The Morgan fingerprint density at radius 3 is 1.82 bits per heavy atom. The molecule has 0 saturated heterocycles. The summed E-state index contributed by atoms with van der Waals surface area (Å²) in [6.45, 7) is 0. The minimum atomic E-state index is 0.765. The molecule has 1 saturated carbocycles. The minimum absolute atomic E-state index is 0.765. The standard InChI is InChI=1S/C21H19Br/c22-21-19-11-5-3-9-16(19)18(14-13-15-7-1-2-8-15)17-10-4-6-12-20(17)21/h3-6,9-15H,1-2,7-8H2/b14-13+. The molecule has 0 nitrogen and oxygen atoms in total. The highest BCUT2D eigenvalue weighted by atomic mass is 79.9. The lowest BCUT2D eigenvalue weighted by atomic mass is 9.95. The fourth-order valence-corrected chi connectivity index (χ4v) is 4.36. The molecule has 0 aromatic heterocycles. The first-order valence-corrected chi connectivity index (χ1v) is 8.91. The molecule has 1 fully saturated rings. The Bertz CT molecular complexity index is 797. The molecule has 0 spiro atoms. The highest BCUT2D eigenvalue weighted by Gasteiger charge is 2.13. The molecule has 3 aromatic rings. The van der Waals surface area contributed by atoms with Crippen molar-refractivity contribution in [2.45, 2.75) is 25.7 Å². The Balaban J connectivity index is 1.98. The highest BCUT2D eigenvalue weighted by Crippen LogP contribution is 2.37. The molecule has 0 aliphatic heterocycles. The minimum Gasteiger partial charge on any atom is -0.0808 e. The van der Waals surface area contributed by atoms with Crippen LogP contribution >= 0.6 is 15.9 Å². The van der Waals surface area contributed by atoms with Crippen LogP contribution in [0.5, 0.6) is 0 Å². The van der Waals surface area contributed by atoms with Gasteiger partial charge < -0.3 is 0 Å². The molecule has 0 N–H and O–H groups in total. The van der Waals surface area contributed by atoms with Crippen LogP contribution in [0.15, 0.2) is 59.1 Å². The molecule has 1 aliphatic carbocycles. The van der Waals surface area contributed by atoms with Gasteiger partial charge in [-0.2, -0.15) is 0 Å². The van der Waals surface area contributed by atoms with Crippen LogP contribution in [-0.4, -0.2) is 0 Å². The van der Waals surface area contributed by atoms with Gasteiger partial charge in [-0.05, 0) is 61.8 Å². The molecule has 0 amide bonds. The SMILES string of the molecule is Brc1c2ccccc2c(/C=C/C2CCCC2)c2ccccc12. The maximum Gasteiger partial charge on any atom is 0.0332 e. The topological polar surface area (TPSA) is 0 Å². The number of benzene rings is 3. The van der Waals surface area contributed by atoms with E-state index in [0.29, 0.717) is 0 Å². The number of allylic oxidation sites excluding steroid dienone is 1. The van der Waals surface area contributed by atoms with Crippen LogP contribution in [-0.2, 0) is 0 Å². The Labute approximate surface area is 140 Å². The van der Waals surface area contributed by atoms with Crippen molar-refractivity contribution < 1.29 is 0 Å². The molecule has 22 heavy (non-hydrogen) atoms. The third-order valence-corrected chi connectivity index (χ3v) is 5.70. The normalized spacial score (nSPS) is 16.2. The summed E-state index contributed by atoms with van der Waals surface area (Å²) in [6, 6.07) is 17.4. The van der Waals surface area contributed by atoms with Crippen LogP contribution in [0.4, 0.5) is 0 Å². The summed E-state index contributed by atoms with van der Waals surface area (Å²) in [5.41, 5.74) is 1.36. The van der Waals surface area contributed by atoms with Gasteiger partial charge in [0.2, 0.25) is 0 Å². The van der Waals surface area contributed by atoms with Crippen molar-refractivity contribution >= 4 is 43.6 Å². The van der Waals surface area contributed by atoms with Crippen molar-refractivity contribution in [1.82, 2.24) is 0 Å². The lowest BCUT2D eigenvalue weighted by Crippen LogP contribution is -1.88. The third kappa shape index (κ3) is 2.38. The van der Waals surface area contributed by atoms with Crippen LogP contribution in [0.2, 0.25) is 0 Å². The van der Waals surface area contributed by atoms with E-state index in [4.69, 9.17) is 0 Å². The van der Waals surface area contributed by atoms with Gasteiger partial charge >= 0.3 is 0 Å². The summed E-state index contributed by atoms with van der Waals surface area (Å²) >= 11 is 3.81. The Morgan fingerprint density at radius 1 is 0.773 bits per heavy atom. The van der Waals surface area contributed by atoms with E-state index < -0.39 is 0 Å². The highest BCUT2D eigenvalue weighted by molar-refractivity contribution is 9.10. The second-order valence-electron chi connectivity index (χ2n) is 6.22. The Kier molecular flexibility index (Phi) is 3.75. The van der Waals surface area contributed by atoms with Crippen LogP contribution in [0.1, 0.15) is 31.2 Å². The molecule has 110 valence electrons. The first kappa shape index (κ1) is 14.0. The van der Waals surface area contributed by atoms with E-state index in [9.17, 15) is 0 Å². The van der Waals surface area contributed by atoms with Gasteiger partial charge in [0.1, 0.15) is 0 Å². The molecular weight excluding hydrogens is 332 g/mol. The van der Waals surface area contributed by atoms with Gasteiger partial charge in [0.15, 0.2) is 0 Å². The van der Waals surface area contributed by atoms with E-state index in [2.05, 4.69) is 76.6 Å².